The van der Waals surface area contributed by atoms with E-state index in [4.69, 9.17) is 0 Å². The highest BCUT2D eigenvalue weighted by Gasteiger charge is 1.96. The highest BCUT2D eigenvalue weighted by atomic mass is 32.2. The molecule has 3 heteroatoms. The normalized spacial score (nSPS) is 10.3. The molecule has 0 fully saturated rings. The Kier molecular flexibility index (Phi) is 9.75. The van der Waals surface area contributed by atoms with Crippen molar-refractivity contribution in [3.05, 3.63) is 126 Å². The summed E-state index contributed by atoms with van der Waals surface area (Å²) in [5.74, 6) is 2.13. The van der Waals surface area contributed by atoms with Gasteiger partial charge in [0.1, 0.15) is 0 Å². The van der Waals surface area contributed by atoms with E-state index in [1.165, 1.54) is 32.0 Å². The average Bonchev–Trinajstić information content (AvgIpc) is 2.82. The Balaban J connectivity index is 0.000000176. The van der Waals surface area contributed by atoms with E-state index in [2.05, 4.69) is 104 Å². The van der Waals surface area contributed by atoms with Crippen molar-refractivity contribution in [2.75, 3.05) is 5.75 Å². The lowest BCUT2D eigenvalue weighted by Gasteiger charge is -2.02. The molecule has 3 aromatic carbocycles. The molecule has 0 saturated carbocycles. The lowest BCUT2D eigenvalue weighted by atomic mass is 10.2. The molecule has 0 N–H and O–H groups in total. The second-order valence-corrected chi connectivity index (χ2v) is 9.58. The Morgan fingerprint density at radius 2 is 1.19 bits per heavy atom. The monoisotopic (exact) mass is 443 g/mol. The van der Waals surface area contributed by atoms with Gasteiger partial charge in [-0.1, -0.05) is 71.8 Å². The fourth-order valence-corrected chi connectivity index (χ4v) is 4.59. The molecule has 0 aliphatic carbocycles. The zero-order valence-electron chi connectivity index (χ0n) is 18.2. The maximum atomic E-state index is 4.10. The van der Waals surface area contributed by atoms with Gasteiger partial charge in [0, 0.05) is 33.7 Å². The largest absolute Gasteiger partial charge is 0.264 e. The van der Waals surface area contributed by atoms with Crippen LogP contribution in [-0.4, -0.2) is 10.7 Å². The average molecular weight is 444 g/mol. The van der Waals surface area contributed by atoms with Gasteiger partial charge in [0.15, 0.2) is 0 Å². The molecule has 158 valence electrons. The van der Waals surface area contributed by atoms with E-state index < -0.39 is 0 Å². The Morgan fingerprint density at radius 1 is 0.613 bits per heavy atom. The Labute approximate surface area is 195 Å². The Bertz CT molecular complexity index is 998. The highest BCUT2D eigenvalue weighted by Crippen LogP contribution is 2.22. The second kappa shape index (κ2) is 13.0. The molecule has 1 aromatic heterocycles. The summed E-state index contributed by atoms with van der Waals surface area (Å²) in [6.45, 7) is 4.23. The van der Waals surface area contributed by atoms with Gasteiger partial charge < -0.3 is 0 Å². The number of aromatic nitrogens is 1. The third kappa shape index (κ3) is 9.04. The molecule has 4 rings (SSSR count). The van der Waals surface area contributed by atoms with Crippen LogP contribution in [0.1, 0.15) is 22.3 Å². The molecule has 0 atom stereocenters. The van der Waals surface area contributed by atoms with Crippen LogP contribution in [0.4, 0.5) is 0 Å². The topological polar surface area (TPSA) is 12.9 Å². The van der Waals surface area contributed by atoms with Crippen molar-refractivity contribution in [2.24, 2.45) is 0 Å². The van der Waals surface area contributed by atoms with E-state index in [-0.39, 0.29) is 0 Å². The molecule has 0 radical (unpaired) electrons. The standard InChI is InChI=1S/C15H16S.C13H13NS/c1-13-7-9-15(10-8-13)16-12-11-14-5-3-2-4-6-14;1-11-4-6-13(7-5-11)15-10-12-3-2-8-14-9-12/h2-10H,11-12H2,1H3;2-9H,10H2,1H3. The van der Waals surface area contributed by atoms with Crippen LogP contribution in [0.2, 0.25) is 0 Å². The van der Waals surface area contributed by atoms with Gasteiger partial charge in [-0.05, 0) is 61.7 Å². The molecule has 0 unspecified atom stereocenters. The first-order valence-electron chi connectivity index (χ1n) is 10.5. The third-order valence-electron chi connectivity index (χ3n) is 4.67. The summed E-state index contributed by atoms with van der Waals surface area (Å²) in [4.78, 5) is 6.77. The molecule has 1 nitrogen and oxygen atoms in total. The molecule has 0 aliphatic rings. The molecular formula is C28H29NS2. The van der Waals surface area contributed by atoms with Crippen LogP contribution in [0.3, 0.4) is 0 Å². The predicted octanol–water partition coefficient (Wildman–Crippen LogP) is 8.01. The van der Waals surface area contributed by atoms with Crippen molar-refractivity contribution >= 4 is 23.5 Å². The van der Waals surface area contributed by atoms with Crippen molar-refractivity contribution < 1.29 is 0 Å². The Hall–Kier alpha value is -2.49. The van der Waals surface area contributed by atoms with Gasteiger partial charge in [-0.15, -0.1) is 23.5 Å². The minimum Gasteiger partial charge on any atom is -0.264 e. The number of aryl methyl sites for hydroxylation is 3. The lowest BCUT2D eigenvalue weighted by Crippen LogP contribution is -1.87. The molecule has 4 aromatic rings. The molecular weight excluding hydrogens is 414 g/mol. The summed E-state index contributed by atoms with van der Waals surface area (Å²) in [5.41, 5.74) is 5.32. The maximum Gasteiger partial charge on any atom is 0.0308 e. The lowest BCUT2D eigenvalue weighted by molar-refractivity contribution is 1.15. The number of pyridine rings is 1. The van der Waals surface area contributed by atoms with E-state index in [1.54, 1.807) is 6.20 Å². The SMILES string of the molecule is Cc1ccc(SCCc2ccccc2)cc1.Cc1ccc(SCc2cccnc2)cc1. The maximum absolute atomic E-state index is 4.10. The smallest absolute Gasteiger partial charge is 0.0308 e. The van der Waals surface area contributed by atoms with E-state index in [0.29, 0.717) is 0 Å². The summed E-state index contributed by atoms with van der Waals surface area (Å²) in [5, 5.41) is 0. The molecule has 0 aliphatic heterocycles. The van der Waals surface area contributed by atoms with E-state index in [0.717, 1.165) is 17.9 Å². The number of hydrogen-bond acceptors (Lipinski definition) is 3. The van der Waals surface area contributed by atoms with Gasteiger partial charge in [-0.2, -0.15) is 0 Å². The second-order valence-electron chi connectivity index (χ2n) is 7.36. The summed E-state index contributed by atoms with van der Waals surface area (Å²) in [6, 6.07) is 32.1. The van der Waals surface area contributed by atoms with Crippen molar-refractivity contribution in [1.29, 1.82) is 0 Å². The predicted molar refractivity (Wildman–Crippen MR) is 137 cm³/mol. The van der Waals surface area contributed by atoms with Crippen molar-refractivity contribution in [1.82, 2.24) is 4.98 Å². The van der Waals surface area contributed by atoms with Crippen LogP contribution in [0.5, 0.6) is 0 Å². The van der Waals surface area contributed by atoms with Crippen LogP contribution in [0.15, 0.2) is 113 Å². The first-order chi connectivity index (χ1) is 15.2. The van der Waals surface area contributed by atoms with E-state index in [1.807, 2.05) is 35.8 Å². The number of nitrogens with zero attached hydrogens (tertiary/aromatic N) is 1. The minimum atomic E-state index is 0.983. The van der Waals surface area contributed by atoms with Gasteiger partial charge in [-0.25, -0.2) is 0 Å². The van der Waals surface area contributed by atoms with Gasteiger partial charge in [0.25, 0.3) is 0 Å². The van der Waals surface area contributed by atoms with Crippen LogP contribution >= 0.6 is 23.5 Å². The van der Waals surface area contributed by atoms with Crippen LogP contribution in [0, 0.1) is 13.8 Å². The number of hydrogen-bond donors (Lipinski definition) is 0. The van der Waals surface area contributed by atoms with Crippen molar-refractivity contribution in [3.8, 4) is 0 Å². The molecule has 0 spiro atoms. The van der Waals surface area contributed by atoms with Gasteiger partial charge in [0.2, 0.25) is 0 Å². The van der Waals surface area contributed by atoms with Crippen molar-refractivity contribution in [2.45, 2.75) is 35.8 Å². The van der Waals surface area contributed by atoms with E-state index in [9.17, 15) is 0 Å². The number of benzene rings is 3. The summed E-state index contributed by atoms with van der Waals surface area (Å²) < 4.78 is 0. The number of rotatable bonds is 7. The quantitative estimate of drug-likeness (QED) is 0.268. The van der Waals surface area contributed by atoms with Gasteiger partial charge >= 0.3 is 0 Å². The van der Waals surface area contributed by atoms with Gasteiger partial charge in [0.05, 0.1) is 0 Å². The fourth-order valence-electron chi connectivity index (χ4n) is 2.85. The zero-order valence-corrected chi connectivity index (χ0v) is 19.8. The minimum absolute atomic E-state index is 0.983. The highest BCUT2D eigenvalue weighted by molar-refractivity contribution is 7.99. The molecule has 0 saturated heterocycles. The van der Waals surface area contributed by atoms with E-state index >= 15 is 0 Å². The molecule has 1 heterocycles. The first kappa shape index (κ1) is 23.2. The zero-order chi connectivity index (χ0) is 21.7. The summed E-state index contributed by atoms with van der Waals surface area (Å²) in [6.07, 6.45) is 4.86. The van der Waals surface area contributed by atoms with Gasteiger partial charge in [-0.3, -0.25) is 4.98 Å². The number of thioether (sulfide) groups is 2. The Morgan fingerprint density at radius 3 is 1.77 bits per heavy atom. The third-order valence-corrected chi connectivity index (χ3v) is 6.77. The van der Waals surface area contributed by atoms with Crippen LogP contribution in [-0.2, 0) is 12.2 Å². The molecule has 31 heavy (non-hydrogen) atoms. The fraction of sp³-hybridized carbons (Fsp3) is 0.179. The van der Waals surface area contributed by atoms with Crippen molar-refractivity contribution in [3.63, 3.8) is 0 Å². The molecule has 0 amide bonds. The first-order valence-corrected chi connectivity index (χ1v) is 12.5. The van der Waals surface area contributed by atoms with Crippen LogP contribution < -0.4 is 0 Å². The summed E-state index contributed by atoms with van der Waals surface area (Å²) >= 11 is 3.77. The van der Waals surface area contributed by atoms with Crippen LogP contribution in [0.25, 0.3) is 0 Å². The molecule has 0 bridgehead atoms. The summed E-state index contributed by atoms with van der Waals surface area (Å²) in [7, 11) is 0.